The number of hydrogen-bond donors (Lipinski definition) is 1. The van der Waals surface area contributed by atoms with Crippen LogP contribution < -0.4 is 0 Å². The Hall–Kier alpha value is -1.64. The Morgan fingerprint density at radius 1 is 1.00 bits per heavy atom. The van der Waals surface area contributed by atoms with Gasteiger partial charge in [0.15, 0.2) is 0 Å². The van der Waals surface area contributed by atoms with Crippen molar-refractivity contribution in [2.24, 2.45) is 0 Å². The molecule has 0 bridgehead atoms. The second kappa shape index (κ2) is 8.72. The average molecular weight is 297 g/mol. The summed E-state index contributed by atoms with van der Waals surface area (Å²) in [7, 11) is 0. The largest absolute Gasteiger partial charge is 0.391 e. The summed E-state index contributed by atoms with van der Waals surface area (Å²) in [6, 6.07) is 18.8. The molecule has 0 saturated carbocycles. The van der Waals surface area contributed by atoms with Gasteiger partial charge in [0, 0.05) is 13.1 Å². The summed E-state index contributed by atoms with van der Waals surface area (Å²) >= 11 is 0. The molecular formula is C20H27NO. The van der Waals surface area contributed by atoms with Gasteiger partial charge in [-0.2, -0.15) is 0 Å². The highest BCUT2D eigenvalue weighted by Gasteiger charge is 2.12. The first kappa shape index (κ1) is 16.7. The van der Waals surface area contributed by atoms with Gasteiger partial charge in [-0.05, 0) is 37.4 Å². The van der Waals surface area contributed by atoms with Gasteiger partial charge in [-0.3, -0.25) is 4.90 Å². The van der Waals surface area contributed by atoms with E-state index in [0.717, 1.165) is 32.5 Å². The Morgan fingerprint density at radius 2 is 1.73 bits per heavy atom. The topological polar surface area (TPSA) is 23.5 Å². The number of aliphatic hydroxyl groups excluding tert-OH is 1. The molecule has 22 heavy (non-hydrogen) atoms. The molecule has 0 fully saturated rings. The molecule has 0 aliphatic heterocycles. The van der Waals surface area contributed by atoms with Crippen molar-refractivity contribution in [2.45, 2.75) is 39.3 Å². The third-order valence-electron chi connectivity index (χ3n) is 3.81. The van der Waals surface area contributed by atoms with Gasteiger partial charge in [-0.15, -0.1) is 0 Å². The van der Waals surface area contributed by atoms with Crippen LogP contribution in [0.5, 0.6) is 0 Å². The molecule has 118 valence electrons. The molecule has 1 atom stereocenters. The molecule has 0 unspecified atom stereocenters. The highest BCUT2D eigenvalue weighted by Crippen LogP contribution is 2.10. The lowest BCUT2D eigenvalue weighted by atomic mass is 10.1. The number of benzene rings is 2. The molecular weight excluding hydrogens is 270 g/mol. The zero-order valence-electron chi connectivity index (χ0n) is 13.7. The van der Waals surface area contributed by atoms with Crippen molar-refractivity contribution in [3.63, 3.8) is 0 Å². The smallest absolute Gasteiger partial charge is 0.0707 e. The normalized spacial score (nSPS) is 12.5. The molecule has 0 aliphatic carbocycles. The number of nitrogens with zero attached hydrogens (tertiary/aromatic N) is 1. The second-order valence-corrected chi connectivity index (χ2v) is 6.07. The Balaban J connectivity index is 1.93. The van der Waals surface area contributed by atoms with Crippen molar-refractivity contribution in [3.8, 4) is 0 Å². The van der Waals surface area contributed by atoms with Gasteiger partial charge in [-0.25, -0.2) is 0 Å². The number of hydrogen-bond acceptors (Lipinski definition) is 2. The minimum absolute atomic E-state index is 0.321. The van der Waals surface area contributed by atoms with Crippen molar-refractivity contribution in [1.82, 2.24) is 4.90 Å². The molecule has 0 radical (unpaired) electrons. The van der Waals surface area contributed by atoms with Crippen LogP contribution in [0.2, 0.25) is 0 Å². The van der Waals surface area contributed by atoms with Gasteiger partial charge in [0.2, 0.25) is 0 Å². The van der Waals surface area contributed by atoms with E-state index < -0.39 is 0 Å². The van der Waals surface area contributed by atoms with Crippen LogP contribution in [-0.4, -0.2) is 29.2 Å². The van der Waals surface area contributed by atoms with Gasteiger partial charge in [0.1, 0.15) is 0 Å². The average Bonchev–Trinajstić information content (AvgIpc) is 2.48. The van der Waals surface area contributed by atoms with Crippen molar-refractivity contribution in [3.05, 3.63) is 71.3 Å². The SMILES string of the molecule is CCCN(Cc1cccc(C)c1)C[C@H](O)Cc1ccccc1. The predicted octanol–water partition coefficient (Wildman–Crippen LogP) is 3.81. The van der Waals surface area contributed by atoms with E-state index in [4.69, 9.17) is 0 Å². The molecule has 0 aromatic heterocycles. The Bertz CT molecular complexity index is 553. The minimum atomic E-state index is -0.321. The Labute approximate surface area is 134 Å². The van der Waals surface area contributed by atoms with Crippen LogP contribution in [0, 0.1) is 6.92 Å². The summed E-state index contributed by atoms with van der Waals surface area (Å²) in [5, 5.41) is 10.4. The third-order valence-corrected chi connectivity index (χ3v) is 3.81. The van der Waals surface area contributed by atoms with E-state index >= 15 is 0 Å². The number of aryl methyl sites for hydroxylation is 1. The fraction of sp³-hybridized carbons (Fsp3) is 0.400. The quantitative estimate of drug-likeness (QED) is 0.801. The van der Waals surface area contributed by atoms with E-state index in [1.165, 1.54) is 16.7 Å². The molecule has 2 aromatic rings. The molecule has 0 spiro atoms. The maximum atomic E-state index is 10.4. The van der Waals surface area contributed by atoms with Crippen LogP contribution in [0.4, 0.5) is 0 Å². The van der Waals surface area contributed by atoms with Crippen LogP contribution >= 0.6 is 0 Å². The molecule has 1 N–H and O–H groups in total. The Kier molecular flexibility index (Phi) is 6.63. The zero-order chi connectivity index (χ0) is 15.8. The van der Waals surface area contributed by atoms with E-state index in [1.807, 2.05) is 18.2 Å². The van der Waals surface area contributed by atoms with E-state index in [9.17, 15) is 5.11 Å². The number of rotatable bonds is 8. The first-order valence-electron chi connectivity index (χ1n) is 8.17. The summed E-state index contributed by atoms with van der Waals surface area (Å²) in [6.45, 7) is 6.95. The van der Waals surface area contributed by atoms with E-state index in [0.29, 0.717) is 0 Å². The molecule has 2 nitrogen and oxygen atoms in total. The first-order chi connectivity index (χ1) is 10.7. The summed E-state index contributed by atoms with van der Waals surface area (Å²) in [6.07, 6.45) is 1.50. The van der Waals surface area contributed by atoms with E-state index in [1.54, 1.807) is 0 Å². The highest BCUT2D eigenvalue weighted by atomic mass is 16.3. The minimum Gasteiger partial charge on any atom is -0.391 e. The van der Waals surface area contributed by atoms with Gasteiger partial charge >= 0.3 is 0 Å². The van der Waals surface area contributed by atoms with Crippen LogP contribution in [0.3, 0.4) is 0 Å². The van der Waals surface area contributed by atoms with Gasteiger partial charge in [0.25, 0.3) is 0 Å². The summed E-state index contributed by atoms with van der Waals surface area (Å²) < 4.78 is 0. The maximum Gasteiger partial charge on any atom is 0.0707 e. The standard InChI is InChI=1S/C20H27NO/c1-3-12-21(15-19-11-7-8-17(2)13-19)16-20(22)14-18-9-5-4-6-10-18/h4-11,13,20,22H,3,12,14-16H2,1-2H3/t20-/m1/s1. The van der Waals surface area contributed by atoms with Gasteiger partial charge < -0.3 is 5.11 Å². The van der Waals surface area contributed by atoms with Crippen molar-refractivity contribution in [1.29, 1.82) is 0 Å². The highest BCUT2D eigenvalue weighted by molar-refractivity contribution is 5.22. The molecule has 2 aromatic carbocycles. The lowest BCUT2D eigenvalue weighted by Crippen LogP contribution is -2.33. The summed E-state index contributed by atoms with van der Waals surface area (Å²) in [5.41, 5.74) is 3.81. The van der Waals surface area contributed by atoms with Gasteiger partial charge in [-0.1, -0.05) is 67.1 Å². The van der Waals surface area contributed by atoms with E-state index in [-0.39, 0.29) is 6.10 Å². The summed E-state index contributed by atoms with van der Waals surface area (Å²) in [4.78, 5) is 2.35. The monoisotopic (exact) mass is 297 g/mol. The van der Waals surface area contributed by atoms with Crippen LogP contribution in [-0.2, 0) is 13.0 Å². The zero-order valence-corrected chi connectivity index (χ0v) is 13.7. The van der Waals surface area contributed by atoms with Gasteiger partial charge in [0.05, 0.1) is 6.10 Å². The Morgan fingerprint density at radius 3 is 2.41 bits per heavy atom. The molecule has 2 heteroatoms. The lowest BCUT2D eigenvalue weighted by molar-refractivity contribution is 0.108. The van der Waals surface area contributed by atoms with Crippen molar-refractivity contribution >= 4 is 0 Å². The lowest BCUT2D eigenvalue weighted by Gasteiger charge is -2.25. The number of aliphatic hydroxyl groups is 1. The molecule has 0 aliphatic rings. The van der Waals surface area contributed by atoms with Crippen LogP contribution in [0.1, 0.15) is 30.0 Å². The van der Waals surface area contributed by atoms with Crippen molar-refractivity contribution in [2.75, 3.05) is 13.1 Å². The fourth-order valence-corrected chi connectivity index (χ4v) is 2.87. The van der Waals surface area contributed by atoms with Crippen molar-refractivity contribution < 1.29 is 5.11 Å². The van der Waals surface area contributed by atoms with Crippen LogP contribution in [0.25, 0.3) is 0 Å². The first-order valence-corrected chi connectivity index (χ1v) is 8.17. The molecule has 2 rings (SSSR count). The van der Waals surface area contributed by atoms with Crippen LogP contribution in [0.15, 0.2) is 54.6 Å². The fourth-order valence-electron chi connectivity index (χ4n) is 2.87. The molecule has 0 saturated heterocycles. The van der Waals surface area contributed by atoms with E-state index in [2.05, 4.69) is 55.1 Å². The molecule has 0 heterocycles. The third kappa shape index (κ3) is 5.63. The molecule has 0 amide bonds. The predicted molar refractivity (Wildman–Crippen MR) is 92.9 cm³/mol. The summed E-state index contributed by atoms with van der Waals surface area (Å²) in [5.74, 6) is 0. The second-order valence-electron chi connectivity index (χ2n) is 6.07. The maximum absolute atomic E-state index is 10.4.